The van der Waals surface area contributed by atoms with E-state index in [1.165, 1.54) is 16.6 Å². The SMILES string of the molecule is O=C(CCSCc1nc2sc3c(c2c(=O)[nH]1)CCCC3)NCc1ccc(F)cc1C(F)(F)F. The molecule has 2 aromatic heterocycles. The minimum absolute atomic E-state index is 0.0903. The first-order valence-corrected chi connectivity index (χ1v) is 12.4. The number of amides is 1. The van der Waals surface area contributed by atoms with E-state index in [2.05, 4.69) is 15.3 Å². The van der Waals surface area contributed by atoms with Gasteiger partial charge in [0.15, 0.2) is 0 Å². The molecular weight excluding hydrogens is 478 g/mol. The van der Waals surface area contributed by atoms with Crippen LogP contribution in [0.15, 0.2) is 23.0 Å². The minimum Gasteiger partial charge on any atom is -0.352 e. The Morgan fingerprint density at radius 2 is 2.03 bits per heavy atom. The molecule has 1 aliphatic rings. The summed E-state index contributed by atoms with van der Waals surface area (Å²) in [6, 6.07) is 2.38. The van der Waals surface area contributed by atoms with Crippen molar-refractivity contribution >= 4 is 39.2 Å². The number of alkyl halides is 3. The predicted octanol–water partition coefficient (Wildman–Crippen LogP) is 4.96. The summed E-state index contributed by atoms with van der Waals surface area (Å²) in [5, 5.41) is 3.14. The summed E-state index contributed by atoms with van der Waals surface area (Å²) in [4.78, 5) is 34.0. The number of aromatic nitrogens is 2. The summed E-state index contributed by atoms with van der Waals surface area (Å²) < 4.78 is 52.3. The third-order valence-corrected chi connectivity index (χ3v) is 7.60. The molecule has 0 saturated heterocycles. The number of nitrogens with zero attached hydrogens (tertiary/aromatic N) is 1. The van der Waals surface area contributed by atoms with Gasteiger partial charge >= 0.3 is 6.18 Å². The lowest BCUT2D eigenvalue weighted by Gasteiger charge is -2.13. The topological polar surface area (TPSA) is 74.8 Å². The molecule has 0 saturated carbocycles. The Morgan fingerprint density at radius 1 is 1.24 bits per heavy atom. The van der Waals surface area contributed by atoms with Crippen molar-refractivity contribution in [2.45, 2.75) is 50.6 Å². The average molecular weight is 500 g/mol. The van der Waals surface area contributed by atoms with Gasteiger partial charge < -0.3 is 10.3 Å². The van der Waals surface area contributed by atoms with E-state index >= 15 is 0 Å². The Hall–Kier alpha value is -2.40. The molecule has 0 fully saturated rings. The first kappa shape index (κ1) is 23.7. The molecule has 0 radical (unpaired) electrons. The van der Waals surface area contributed by atoms with Gasteiger partial charge in [-0.25, -0.2) is 9.37 Å². The maximum Gasteiger partial charge on any atom is 0.416 e. The van der Waals surface area contributed by atoms with E-state index in [4.69, 9.17) is 0 Å². The maximum atomic E-state index is 13.2. The molecule has 2 N–H and O–H groups in total. The standard InChI is InChI=1S/C22H21F4N3O2S2/c23-13-6-5-12(15(9-13)22(24,25)26)10-27-18(30)7-8-32-11-17-28-20(31)19-14-3-1-2-4-16(14)33-21(19)29-17/h5-6,9H,1-4,7-8,10-11H2,(H,27,30)(H,28,29,31). The van der Waals surface area contributed by atoms with Crippen LogP contribution in [0.25, 0.3) is 10.2 Å². The summed E-state index contributed by atoms with van der Waals surface area (Å²) in [6.45, 7) is -0.340. The quantitative estimate of drug-likeness (QED) is 0.356. The largest absolute Gasteiger partial charge is 0.416 e. The molecular formula is C22H21F4N3O2S2. The van der Waals surface area contributed by atoms with Gasteiger partial charge in [0.2, 0.25) is 5.91 Å². The number of carbonyl (C=O) groups excluding carboxylic acids is 1. The molecule has 4 rings (SSSR count). The van der Waals surface area contributed by atoms with Gasteiger partial charge in [0.25, 0.3) is 5.56 Å². The number of rotatable bonds is 7. The zero-order chi connectivity index (χ0) is 23.6. The summed E-state index contributed by atoms with van der Waals surface area (Å²) in [7, 11) is 0. The monoisotopic (exact) mass is 499 g/mol. The Morgan fingerprint density at radius 3 is 2.82 bits per heavy atom. The van der Waals surface area contributed by atoms with E-state index in [1.807, 2.05) is 0 Å². The molecule has 0 spiro atoms. The fraction of sp³-hybridized carbons (Fsp3) is 0.409. The zero-order valence-corrected chi connectivity index (χ0v) is 19.1. The normalized spacial score (nSPS) is 13.8. The van der Waals surface area contributed by atoms with Crippen LogP contribution < -0.4 is 10.9 Å². The molecule has 2 heterocycles. The average Bonchev–Trinajstić information content (AvgIpc) is 3.14. The van der Waals surface area contributed by atoms with Crippen LogP contribution in [0.3, 0.4) is 0 Å². The number of thioether (sulfide) groups is 1. The van der Waals surface area contributed by atoms with E-state index in [-0.39, 0.29) is 24.1 Å². The number of halogens is 4. The van der Waals surface area contributed by atoms with Crippen LogP contribution in [0.1, 0.15) is 46.7 Å². The Kier molecular flexibility index (Phi) is 7.08. The summed E-state index contributed by atoms with van der Waals surface area (Å²) >= 11 is 2.97. The van der Waals surface area contributed by atoms with Crippen LogP contribution in [0.5, 0.6) is 0 Å². The second-order valence-electron chi connectivity index (χ2n) is 7.78. The number of benzene rings is 1. The Labute approximate surface area is 195 Å². The smallest absolute Gasteiger partial charge is 0.352 e. The number of hydrogen-bond acceptors (Lipinski definition) is 5. The summed E-state index contributed by atoms with van der Waals surface area (Å²) in [5.74, 6) is -0.0388. The first-order valence-electron chi connectivity index (χ1n) is 10.5. The molecule has 0 atom stereocenters. The van der Waals surface area contributed by atoms with E-state index < -0.39 is 23.5 Å². The van der Waals surface area contributed by atoms with Gasteiger partial charge in [-0.05, 0) is 48.9 Å². The molecule has 1 aliphatic carbocycles. The van der Waals surface area contributed by atoms with Crippen molar-refractivity contribution in [1.82, 2.24) is 15.3 Å². The van der Waals surface area contributed by atoms with Crippen molar-refractivity contribution in [3.05, 3.63) is 61.8 Å². The third kappa shape index (κ3) is 5.57. The van der Waals surface area contributed by atoms with Gasteiger partial charge in [0, 0.05) is 23.6 Å². The van der Waals surface area contributed by atoms with Crippen LogP contribution >= 0.6 is 23.1 Å². The van der Waals surface area contributed by atoms with Gasteiger partial charge in [-0.3, -0.25) is 9.59 Å². The van der Waals surface area contributed by atoms with E-state index in [1.54, 1.807) is 11.3 Å². The second-order valence-corrected chi connectivity index (χ2v) is 9.97. The molecule has 3 aromatic rings. The van der Waals surface area contributed by atoms with Crippen LogP contribution in [0.2, 0.25) is 0 Å². The van der Waals surface area contributed by atoms with Crippen molar-refractivity contribution in [2.24, 2.45) is 0 Å². The second kappa shape index (κ2) is 9.84. The highest BCUT2D eigenvalue weighted by Crippen LogP contribution is 2.34. The predicted molar refractivity (Wildman–Crippen MR) is 121 cm³/mol. The van der Waals surface area contributed by atoms with Gasteiger partial charge in [-0.15, -0.1) is 11.3 Å². The number of hydrogen-bond donors (Lipinski definition) is 2. The van der Waals surface area contributed by atoms with E-state index in [0.29, 0.717) is 28.8 Å². The molecule has 0 bridgehead atoms. The first-order chi connectivity index (χ1) is 15.7. The highest BCUT2D eigenvalue weighted by molar-refractivity contribution is 7.98. The summed E-state index contributed by atoms with van der Waals surface area (Å²) in [5.41, 5.74) is -0.301. The molecule has 0 aliphatic heterocycles. The molecule has 0 unspecified atom stereocenters. The lowest BCUT2D eigenvalue weighted by Crippen LogP contribution is -2.25. The van der Waals surface area contributed by atoms with Gasteiger partial charge in [0.05, 0.1) is 16.7 Å². The van der Waals surface area contributed by atoms with Gasteiger partial charge in [-0.1, -0.05) is 6.07 Å². The number of nitrogens with one attached hydrogen (secondary N) is 2. The van der Waals surface area contributed by atoms with Crippen molar-refractivity contribution in [3.8, 4) is 0 Å². The van der Waals surface area contributed by atoms with Crippen LogP contribution in [0.4, 0.5) is 17.6 Å². The number of fused-ring (bicyclic) bond motifs is 3. The number of aromatic amines is 1. The highest BCUT2D eigenvalue weighted by atomic mass is 32.2. The lowest BCUT2D eigenvalue weighted by atomic mass is 9.97. The number of H-pyrrole nitrogens is 1. The van der Waals surface area contributed by atoms with Crippen molar-refractivity contribution in [2.75, 3.05) is 5.75 Å². The van der Waals surface area contributed by atoms with Crippen LogP contribution in [-0.4, -0.2) is 21.6 Å². The molecule has 176 valence electrons. The molecule has 11 heteroatoms. The fourth-order valence-electron chi connectivity index (χ4n) is 3.86. The van der Waals surface area contributed by atoms with Gasteiger partial charge in [-0.2, -0.15) is 24.9 Å². The fourth-order valence-corrected chi connectivity index (χ4v) is 5.94. The van der Waals surface area contributed by atoms with E-state index in [0.717, 1.165) is 48.2 Å². The summed E-state index contributed by atoms with van der Waals surface area (Å²) in [6.07, 6.45) is -0.515. The number of thiophene rings is 1. The molecule has 5 nitrogen and oxygen atoms in total. The van der Waals surface area contributed by atoms with Crippen molar-refractivity contribution in [3.63, 3.8) is 0 Å². The molecule has 33 heavy (non-hydrogen) atoms. The molecule has 1 aromatic carbocycles. The van der Waals surface area contributed by atoms with E-state index in [9.17, 15) is 27.2 Å². The Bertz CT molecular complexity index is 1240. The lowest BCUT2D eigenvalue weighted by molar-refractivity contribution is -0.138. The van der Waals surface area contributed by atoms with Crippen LogP contribution in [0, 0.1) is 5.82 Å². The molecule has 1 amide bonds. The Balaban J connectivity index is 1.29. The maximum absolute atomic E-state index is 13.2. The van der Waals surface area contributed by atoms with Crippen molar-refractivity contribution in [1.29, 1.82) is 0 Å². The number of carbonyl (C=O) groups is 1. The minimum atomic E-state index is -4.70. The third-order valence-electron chi connectivity index (χ3n) is 5.44. The van der Waals surface area contributed by atoms with Crippen LogP contribution in [-0.2, 0) is 36.1 Å². The van der Waals surface area contributed by atoms with Gasteiger partial charge in [0.1, 0.15) is 16.5 Å². The van der Waals surface area contributed by atoms with Crippen molar-refractivity contribution < 1.29 is 22.4 Å². The zero-order valence-electron chi connectivity index (χ0n) is 17.5. The number of aryl methyl sites for hydroxylation is 2. The highest BCUT2D eigenvalue weighted by Gasteiger charge is 2.33.